The highest BCUT2D eigenvalue weighted by Crippen LogP contribution is 2.30. The van der Waals surface area contributed by atoms with E-state index in [1.54, 1.807) is 24.3 Å². The lowest BCUT2D eigenvalue weighted by atomic mass is 9.99. The predicted molar refractivity (Wildman–Crippen MR) is 177 cm³/mol. The standard InChI is InChI=1S/C37H41N3O5/c1-40(24-25-44-32-10-6-3-7-11-32)22-20-33(21-23-40)45-37(43)39-35-26-28(14-18-34(35)30-8-4-2-5-9-30)15-19-36(42)38-31-16-12-29(27-41)13-17-31/h2-14,16-18,26,33,41H,15,19-25,27H2,1H3,(H-,38,39,42,43)/p+1. The molecule has 8 nitrogen and oxygen atoms in total. The Hall–Kier alpha value is -4.66. The first-order valence-electron chi connectivity index (χ1n) is 15.6. The number of nitrogens with one attached hydrogen (secondary N) is 2. The van der Waals surface area contributed by atoms with Crippen molar-refractivity contribution in [3.63, 3.8) is 0 Å². The zero-order valence-corrected chi connectivity index (χ0v) is 25.8. The van der Waals surface area contributed by atoms with Gasteiger partial charge in [0.2, 0.25) is 5.91 Å². The van der Waals surface area contributed by atoms with Crippen LogP contribution in [-0.4, -0.2) is 61.0 Å². The number of nitrogens with zero attached hydrogens (tertiary/aromatic N) is 1. The molecule has 5 rings (SSSR count). The topological polar surface area (TPSA) is 96.9 Å². The Bertz CT molecular complexity index is 1540. The van der Waals surface area contributed by atoms with Crippen LogP contribution in [0.3, 0.4) is 0 Å². The molecule has 4 aromatic rings. The molecule has 4 aromatic carbocycles. The van der Waals surface area contributed by atoms with Gasteiger partial charge in [0, 0.05) is 30.5 Å². The molecule has 0 radical (unpaired) electrons. The van der Waals surface area contributed by atoms with Gasteiger partial charge in [0.05, 0.1) is 32.4 Å². The summed E-state index contributed by atoms with van der Waals surface area (Å²) in [6.07, 6.45) is 1.75. The molecule has 0 aromatic heterocycles. The highest BCUT2D eigenvalue weighted by molar-refractivity contribution is 5.92. The number of quaternary nitrogens is 1. The number of carbonyl (C=O) groups excluding carboxylic acids is 2. The van der Waals surface area contributed by atoms with Crippen molar-refractivity contribution in [1.82, 2.24) is 0 Å². The number of likely N-dealkylation sites (N-methyl/N-ethyl adjacent to an activating group) is 1. The van der Waals surface area contributed by atoms with Gasteiger partial charge in [-0.3, -0.25) is 10.1 Å². The quantitative estimate of drug-likeness (QED) is 0.157. The van der Waals surface area contributed by atoms with E-state index >= 15 is 0 Å². The van der Waals surface area contributed by atoms with Gasteiger partial charge in [-0.05, 0) is 53.4 Å². The van der Waals surface area contributed by atoms with Gasteiger partial charge in [-0.1, -0.05) is 72.8 Å². The van der Waals surface area contributed by atoms with E-state index in [0.29, 0.717) is 24.4 Å². The number of benzene rings is 4. The van der Waals surface area contributed by atoms with Crippen LogP contribution in [-0.2, 0) is 22.6 Å². The SMILES string of the molecule is C[N+]1(CCOc2ccccc2)CCC(OC(=O)Nc2cc(CCC(=O)Nc3ccc(CO)cc3)ccc2-c2ccccc2)CC1. The predicted octanol–water partition coefficient (Wildman–Crippen LogP) is 6.65. The zero-order chi connectivity index (χ0) is 31.5. The summed E-state index contributed by atoms with van der Waals surface area (Å²) in [5.41, 5.74) is 4.92. The molecule has 1 fully saturated rings. The molecule has 0 bridgehead atoms. The van der Waals surface area contributed by atoms with Crippen molar-refractivity contribution in [3.8, 4) is 16.9 Å². The zero-order valence-electron chi connectivity index (χ0n) is 25.8. The number of aliphatic hydroxyl groups excluding tert-OH is 1. The molecule has 1 aliphatic heterocycles. The summed E-state index contributed by atoms with van der Waals surface area (Å²) in [5, 5.41) is 15.1. The lowest BCUT2D eigenvalue weighted by Gasteiger charge is -2.40. The average Bonchev–Trinajstić information content (AvgIpc) is 3.06. The number of rotatable bonds is 12. The lowest BCUT2D eigenvalue weighted by Crippen LogP contribution is -2.53. The second kappa shape index (κ2) is 15.4. The Morgan fingerprint density at radius 3 is 2.20 bits per heavy atom. The van der Waals surface area contributed by atoms with Crippen molar-refractivity contribution < 1.29 is 28.7 Å². The number of carbonyl (C=O) groups is 2. The normalized spacial score (nSPS) is 17.7. The molecule has 0 unspecified atom stereocenters. The van der Waals surface area contributed by atoms with E-state index in [1.165, 1.54) is 0 Å². The summed E-state index contributed by atoms with van der Waals surface area (Å²) in [6, 6.07) is 32.7. The van der Waals surface area contributed by atoms with Gasteiger partial charge in [0.25, 0.3) is 0 Å². The molecule has 0 atom stereocenters. The third-order valence-corrected chi connectivity index (χ3v) is 8.37. The first-order valence-corrected chi connectivity index (χ1v) is 15.6. The maximum Gasteiger partial charge on any atom is 0.411 e. The molecule has 234 valence electrons. The number of aryl methyl sites for hydroxylation is 1. The van der Waals surface area contributed by atoms with Gasteiger partial charge in [0.15, 0.2) is 0 Å². The van der Waals surface area contributed by atoms with Crippen LogP contribution in [0.2, 0.25) is 0 Å². The minimum absolute atomic E-state index is 0.0398. The highest BCUT2D eigenvalue weighted by atomic mass is 16.6. The smallest absolute Gasteiger partial charge is 0.411 e. The van der Waals surface area contributed by atoms with E-state index in [-0.39, 0.29) is 25.0 Å². The van der Waals surface area contributed by atoms with Crippen molar-refractivity contribution in [2.75, 3.05) is 43.9 Å². The Morgan fingerprint density at radius 2 is 1.51 bits per heavy atom. The fourth-order valence-corrected chi connectivity index (χ4v) is 5.59. The molecule has 0 spiro atoms. The number of amides is 2. The number of para-hydroxylation sites is 1. The van der Waals surface area contributed by atoms with Crippen LogP contribution in [0.15, 0.2) is 103 Å². The van der Waals surface area contributed by atoms with Crippen LogP contribution < -0.4 is 15.4 Å². The minimum Gasteiger partial charge on any atom is -0.488 e. The Morgan fingerprint density at radius 1 is 0.844 bits per heavy atom. The number of piperidine rings is 1. The van der Waals surface area contributed by atoms with Gasteiger partial charge in [0.1, 0.15) is 25.0 Å². The van der Waals surface area contributed by atoms with Crippen molar-refractivity contribution >= 4 is 23.4 Å². The Kier molecular flexibility index (Phi) is 10.8. The number of hydrogen-bond donors (Lipinski definition) is 3. The number of anilines is 2. The summed E-state index contributed by atoms with van der Waals surface area (Å²) in [6.45, 7) is 3.32. The van der Waals surface area contributed by atoms with Crippen molar-refractivity contribution in [2.45, 2.75) is 38.4 Å². The fraction of sp³-hybridized carbons (Fsp3) is 0.297. The highest BCUT2D eigenvalue weighted by Gasteiger charge is 2.32. The molecular formula is C37H42N3O5+. The molecule has 1 aliphatic rings. The van der Waals surface area contributed by atoms with Crippen LogP contribution in [0.4, 0.5) is 16.2 Å². The van der Waals surface area contributed by atoms with Crippen LogP contribution in [0, 0.1) is 0 Å². The summed E-state index contributed by atoms with van der Waals surface area (Å²) in [5.74, 6) is 0.772. The third kappa shape index (κ3) is 9.41. The van der Waals surface area contributed by atoms with Gasteiger partial charge in [-0.15, -0.1) is 0 Å². The van der Waals surface area contributed by atoms with E-state index in [1.807, 2.05) is 78.9 Å². The fourth-order valence-electron chi connectivity index (χ4n) is 5.59. The molecule has 8 heteroatoms. The summed E-state index contributed by atoms with van der Waals surface area (Å²) in [7, 11) is 2.23. The second-order valence-electron chi connectivity index (χ2n) is 11.8. The molecule has 1 heterocycles. The first kappa shape index (κ1) is 31.8. The van der Waals surface area contributed by atoms with Gasteiger partial charge >= 0.3 is 6.09 Å². The molecule has 1 saturated heterocycles. The number of ether oxygens (including phenoxy) is 2. The summed E-state index contributed by atoms with van der Waals surface area (Å²) in [4.78, 5) is 25.8. The van der Waals surface area contributed by atoms with Gasteiger partial charge in [-0.2, -0.15) is 0 Å². The van der Waals surface area contributed by atoms with Gasteiger partial charge in [-0.25, -0.2) is 4.79 Å². The third-order valence-electron chi connectivity index (χ3n) is 8.37. The monoisotopic (exact) mass is 608 g/mol. The second-order valence-corrected chi connectivity index (χ2v) is 11.8. The van der Waals surface area contributed by atoms with Crippen molar-refractivity contribution in [2.24, 2.45) is 0 Å². The van der Waals surface area contributed by atoms with E-state index in [9.17, 15) is 14.7 Å². The minimum atomic E-state index is -0.470. The number of likely N-dealkylation sites (tertiary alicyclic amines) is 1. The molecule has 45 heavy (non-hydrogen) atoms. The van der Waals surface area contributed by atoms with E-state index in [2.05, 4.69) is 17.7 Å². The molecule has 0 saturated carbocycles. The number of hydrogen-bond acceptors (Lipinski definition) is 5. The van der Waals surface area contributed by atoms with Gasteiger partial charge < -0.3 is 24.4 Å². The van der Waals surface area contributed by atoms with Crippen LogP contribution in [0.5, 0.6) is 5.75 Å². The molecular weight excluding hydrogens is 566 g/mol. The first-order chi connectivity index (χ1) is 21.9. The molecule has 3 N–H and O–H groups in total. The Labute approximate surface area is 265 Å². The lowest BCUT2D eigenvalue weighted by molar-refractivity contribution is -0.915. The van der Waals surface area contributed by atoms with Crippen LogP contribution >= 0.6 is 0 Å². The van der Waals surface area contributed by atoms with E-state index < -0.39 is 6.09 Å². The molecule has 0 aliphatic carbocycles. The number of aliphatic hydroxyl groups is 1. The van der Waals surface area contributed by atoms with Crippen LogP contribution in [0.1, 0.15) is 30.4 Å². The Balaban J connectivity index is 1.16. The largest absolute Gasteiger partial charge is 0.488 e. The average molecular weight is 609 g/mol. The van der Waals surface area contributed by atoms with E-state index in [0.717, 1.165) is 65.0 Å². The maximum atomic E-state index is 13.1. The summed E-state index contributed by atoms with van der Waals surface area (Å²) >= 11 is 0. The van der Waals surface area contributed by atoms with Crippen molar-refractivity contribution in [3.05, 3.63) is 114 Å². The maximum absolute atomic E-state index is 13.1. The van der Waals surface area contributed by atoms with Crippen molar-refractivity contribution in [1.29, 1.82) is 0 Å². The summed E-state index contributed by atoms with van der Waals surface area (Å²) < 4.78 is 12.7. The van der Waals surface area contributed by atoms with E-state index in [4.69, 9.17) is 9.47 Å². The molecule has 2 amide bonds. The van der Waals surface area contributed by atoms with Crippen LogP contribution in [0.25, 0.3) is 11.1 Å².